The predicted octanol–water partition coefficient (Wildman–Crippen LogP) is 0.680. The summed E-state index contributed by atoms with van der Waals surface area (Å²) in [6.07, 6.45) is 2.33. The van der Waals surface area contributed by atoms with Gasteiger partial charge in [0.1, 0.15) is 0 Å². The summed E-state index contributed by atoms with van der Waals surface area (Å²) in [7, 11) is 0. The van der Waals surface area contributed by atoms with Gasteiger partial charge in [-0.3, -0.25) is 14.6 Å². The quantitative estimate of drug-likeness (QED) is 0.783. The van der Waals surface area contributed by atoms with Gasteiger partial charge in [-0.25, -0.2) is 0 Å². The summed E-state index contributed by atoms with van der Waals surface area (Å²) < 4.78 is 0. The fraction of sp³-hybridized carbons (Fsp3) is 0.923. The third-order valence-corrected chi connectivity index (χ3v) is 3.93. The smallest absolute Gasteiger partial charge is 0.237 e. The van der Waals surface area contributed by atoms with E-state index in [9.17, 15) is 4.79 Å². The minimum atomic E-state index is 0.0323. The molecule has 0 spiro atoms. The Morgan fingerprint density at radius 3 is 2.06 bits per heavy atom. The molecule has 17 heavy (non-hydrogen) atoms. The van der Waals surface area contributed by atoms with E-state index < -0.39 is 0 Å². The van der Waals surface area contributed by atoms with Crippen LogP contribution in [0.3, 0.4) is 0 Å². The molecule has 98 valence electrons. The van der Waals surface area contributed by atoms with Gasteiger partial charge in [0.25, 0.3) is 0 Å². The van der Waals surface area contributed by atoms with Crippen LogP contribution in [0.5, 0.6) is 0 Å². The van der Waals surface area contributed by atoms with Crippen molar-refractivity contribution in [1.29, 1.82) is 0 Å². The summed E-state index contributed by atoms with van der Waals surface area (Å²) >= 11 is 0. The highest BCUT2D eigenvalue weighted by molar-refractivity contribution is 5.81. The van der Waals surface area contributed by atoms with Crippen LogP contribution in [0.25, 0.3) is 0 Å². The first kappa shape index (κ1) is 12.8. The topological polar surface area (TPSA) is 35.6 Å². The monoisotopic (exact) mass is 239 g/mol. The van der Waals surface area contributed by atoms with Crippen molar-refractivity contribution in [2.24, 2.45) is 0 Å². The molecule has 1 amide bonds. The summed E-state index contributed by atoms with van der Waals surface area (Å²) in [5, 5.41) is 3.09. The van der Waals surface area contributed by atoms with Crippen LogP contribution in [0.4, 0.5) is 0 Å². The number of rotatable bonds is 4. The number of nitrogens with zero attached hydrogens (tertiary/aromatic N) is 2. The molecule has 0 aromatic carbocycles. The van der Waals surface area contributed by atoms with Crippen molar-refractivity contribution < 1.29 is 4.79 Å². The largest absolute Gasteiger partial charge is 0.352 e. The zero-order chi connectivity index (χ0) is 12.4. The molecule has 1 aliphatic heterocycles. The Balaban J connectivity index is 1.76. The molecule has 0 aromatic rings. The fourth-order valence-corrected chi connectivity index (χ4v) is 2.36. The van der Waals surface area contributed by atoms with Crippen molar-refractivity contribution >= 4 is 5.91 Å². The second kappa shape index (κ2) is 5.36. The first-order valence-electron chi connectivity index (χ1n) is 6.86. The van der Waals surface area contributed by atoms with Gasteiger partial charge in [0, 0.05) is 38.3 Å². The third kappa shape index (κ3) is 3.42. The second-order valence-electron chi connectivity index (χ2n) is 5.62. The maximum absolute atomic E-state index is 11.9. The number of hydrogen-bond acceptors (Lipinski definition) is 3. The number of hydrogen-bond donors (Lipinski definition) is 1. The van der Waals surface area contributed by atoms with Gasteiger partial charge >= 0.3 is 0 Å². The molecule has 1 aliphatic carbocycles. The fourth-order valence-electron chi connectivity index (χ4n) is 2.36. The van der Waals surface area contributed by atoms with Crippen molar-refractivity contribution in [3.05, 3.63) is 0 Å². The standard InChI is InChI=1S/C13H25N3O/c1-10(2)15-6-8-16(9-7-15)11(3)13(17)14-12-4-5-12/h10-12H,4-9H2,1-3H3,(H,14,17)/t11-/m1/s1. The predicted molar refractivity (Wildman–Crippen MR) is 68.9 cm³/mol. The Kier molecular flexibility index (Phi) is 4.05. The lowest BCUT2D eigenvalue weighted by molar-refractivity contribution is -0.126. The molecular formula is C13H25N3O. The van der Waals surface area contributed by atoms with E-state index in [0.717, 1.165) is 26.2 Å². The Morgan fingerprint density at radius 2 is 1.59 bits per heavy atom. The average molecular weight is 239 g/mol. The minimum absolute atomic E-state index is 0.0323. The van der Waals surface area contributed by atoms with Crippen LogP contribution in [0.15, 0.2) is 0 Å². The van der Waals surface area contributed by atoms with Crippen molar-refractivity contribution in [3.8, 4) is 0 Å². The SMILES string of the molecule is CC(C)N1CCN([C@H](C)C(=O)NC2CC2)CC1. The van der Waals surface area contributed by atoms with Crippen LogP contribution >= 0.6 is 0 Å². The summed E-state index contributed by atoms with van der Waals surface area (Å²) in [4.78, 5) is 16.7. The molecule has 0 aromatic heterocycles. The van der Waals surface area contributed by atoms with E-state index in [1.807, 2.05) is 6.92 Å². The van der Waals surface area contributed by atoms with Gasteiger partial charge in [-0.2, -0.15) is 0 Å². The maximum Gasteiger partial charge on any atom is 0.237 e. The number of piperazine rings is 1. The van der Waals surface area contributed by atoms with Crippen molar-refractivity contribution in [1.82, 2.24) is 15.1 Å². The van der Waals surface area contributed by atoms with Crippen LogP contribution in [-0.2, 0) is 4.79 Å². The molecule has 2 rings (SSSR count). The highest BCUT2D eigenvalue weighted by atomic mass is 16.2. The number of amides is 1. The molecule has 1 atom stereocenters. The molecule has 1 N–H and O–H groups in total. The average Bonchev–Trinajstić information content (AvgIpc) is 3.12. The lowest BCUT2D eigenvalue weighted by Gasteiger charge is -2.39. The number of nitrogens with one attached hydrogen (secondary N) is 1. The van der Waals surface area contributed by atoms with Crippen LogP contribution in [0.2, 0.25) is 0 Å². The molecule has 2 aliphatic rings. The van der Waals surface area contributed by atoms with E-state index in [4.69, 9.17) is 0 Å². The van der Waals surface area contributed by atoms with E-state index in [1.54, 1.807) is 0 Å². The Bertz CT molecular complexity index is 268. The van der Waals surface area contributed by atoms with E-state index in [1.165, 1.54) is 12.8 Å². The molecule has 1 heterocycles. The summed E-state index contributed by atoms with van der Waals surface area (Å²) in [6.45, 7) is 10.7. The van der Waals surface area contributed by atoms with Gasteiger partial charge in [0.05, 0.1) is 6.04 Å². The normalized spacial score (nSPS) is 24.9. The van der Waals surface area contributed by atoms with Crippen LogP contribution in [0, 0.1) is 0 Å². The molecule has 0 bridgehead atoms. The zero-order valence-corrected chi connectivity index (χ0v) is 11.3. The molecule has 2 fully saturated rings. The number of carbonyl (C=O) groups is 1. The molecular weight excluding hydrogens is 214 g/mol. The molecule has 0 unspecified atom stereocenters. The zero-order valence-electron chi connectivity index (χ0n) is 11.3. The summed E-state index contributed by atoms with van der Waals surface area (Å²) in [5.74, 6) is 0.213. The second-order valence-corrected chi connectivity index (χ2v) is 5.62. The maximum atomic E-state index is 11.9. The van der Waals surface area contributed by atoms with Gasteiger partial charge in [-0.15, -0.1) is 0 Å². The first-order valence-corrected chi connectivity index (χ1v) is 6.86. The van der Waals surface area contributed by atoms with Gasteiger partial charge in [-0.1, -0.05) is 0 Å². The van der Waals surface area contributed by atoms with E-state index in [0.29, 0.717) is 12.1 Å². The van der Waals surface area contributed by atoms with Crippen LogP contribution in [-0.4, -0.2) is 60.0 Å². The molecule has 1 saturated heterocycles. The Labute approximate surface area is 104 Å². The Hall–Kier alpha value is -0.610. The first-order chi connectivity index (χ1) is 8.08. The van der Waals surface area contributed by atoms with Gasteiger partial charge < -0.3 is 5.32 Å². The number of carbonyl (C=O) groups excluding carboxylic acids is 1. The van der Waals surface area contributed by atoms with Crippen molar-refractivity contribution in [2.75, 3.05) is 26.2 Å². The Morgan fingerprint density at radius 1 is 1.06 bits per heavy atom. The summed E-state index contributed by atoms with van der Waals surface area (Å²) in [6, 6.07) is 1.12. The molecule has 4 heteroatoms. The van der Waals surface area contributed by atoms with E-state index >= 15 is 0 Å². The highest BCUT2D eigenvalue weighted by Gasteiger charge is 2.30. The van der Waals surface area contributed by atoms with Gasteiger partial charge in [-0.05, 0) is 33.6 Å². The lowest BCUT2D eigenvalue weighted by atomic mass is 10.2. The van der Waals surface area contributed by atoms with Gasteiger partial charge in [0.15, 0.2) is 0 Å². The molecule has 4 nitrogen and oxygen atoms in total. The minimum Gasteiger partial charge on any atom is -0.352 e. The van der Waals surface area contributed by atoms with Crippen molar-refractivity contribution in [2.45, 2.75) is 51.7 Å². The third-order valence-electron chi connectivity index (χ3n) is 3.93. The lowest BCUT2D eigenvalue weighted by Crippen LogP contribution is -2.55. The summed E-state index contributed by atoms with van der Waals surface area (Å²) in [5.41, 5.74) is 0. The molecule has 1 saturated carbocycles. The van der Waals surface area contributed by atoms with Crippen molar-refractivity contribution in [3.63, 3.8) is 0 Å². The highest BCUT2D eigenvalue weighted by Crippen LogP contribution is 2.19. The van der Waals surface area contributed by atoms with Crippen LogP contribution < -0.4 is 5.32 Å². The molecule has 0 radical (unpaired) electrons. The van der Waals surface area contributed by atoms with E-state index in [-0.39, 0.29) is 11.9 Å². The van der Waals surface area contributed by atoms with Crippen LogP contribution in [0.1, 0.15) is 33.6 Å². The van der Waals surface area contributed by atoms with Gasteiger partial charge in [0.2, 0.25) is 5.91 Å². The van der Waals surface area contributed by atoms with E-state index in [2.05, 4.69) is 29.0 Å².